The Morgan fingerprint density at radius 1 is 1.52 bits per heavy atom. The second kappa shape index (κ2) is 7.63. The number of amides is 1. The van der Waals surface area contributed by atoms with Crippen LogP contribution in [0.15, 0.2) is 10.6 Å². The van der Waals surface area contributed by atoms with Gasteiger partial charge in [-0.25, -0.2) is 4.79 Å². The Labute approximate surface area is 150 Å². The van der Waals surface area contributed by atoms with Crippen molar-refractivity contribution < 1.29 is 24.9 Å². The molecule has 25 heavy (non-hydrogen) atoms. The molecule has 0 aromatic carbocycles. The Morgan fingerprint density at radius 2 is 2.28 bits per heavy atom. The highest BCUT2D eigenvalue weighted by atomic mass is 32.2. The fourth-order valence-corrected chi connectivity index (χ4v) is 5.46. The molecule has 1 amide bonds. The van der Waals surface area contributed by atoms with Crippen molar-refractivity contribution in [2.24, 2.45) is 5.92 Å². The zero-order valence-corrected chi connectivity index (χ0v) is 15.0. The normalized spacial score (nSPS) is 32.8. The number of nitrogens with one attached hydrogen (secondary N) is 2. The summed E-state index contributed by atoms with van der Waals surface area (Å²) in [6, 6.07) is 0.121. The lowest BCUT2D eigenvalue weighted by Gasteiger charge is -2.44. The van der Waals surface area contributed by atoms with Crippen LogP contribution in [-0.4, -0.2) is 75.4 Å². The van der Waals surface area contributed by atoms with E-state index in [-0.39, 0.29) is 29.6 Å². The first-order valence-corrected chi connectivity index (χ1v) is 9.51. The van der Waals surface area contributed by atoms with Gasteiger partial charge in [-0.2, -0.15) is 0 Å². The molecular formula is C16H25N3O5S. The van der Waals surface area contributed by atoms with E-state index in [0.29, 0.717) is 12.5 Å². The van der Waals surface area contributed by atoms with Crippen molar-refractivity contribution in [3.63, 3.8) is 0 Å². The summed E-state index contributed by atoms with van der Waals surface area (Å²) in [5, 5.41) is 34.6. The first kappa shape index (κ1) is 18.7. The molecule has 0 bridgehead atoms. The predicted octanol–water partition coefficient (Wildman–Crippen LogP) is -0.713. The third-order valence-corrected chi connectivity index (χ3v) is 6.50. The number of aliphatic hydroxyl groups excluding tert-OH is 2. The van der Waals surface area contributed by atoms with Crippen molar-refractivity contribution in [1.82, 2.24) is 15.5 Å². The molecule has 3 heterocycles. The fourth-order valence-electron chi connectivity index (χ4n) is 3.98. The average Bonchev–Trinajstić information content (AvgIpc) is 3.10. The van der Waals surface area contributed by atoms with Gasteiger partial charge in [0.25, 0.3) is 0 Å². The summed E-state index contributed by atoms with van der Waals surface area (Å²) >= 11 is 1.55. The number of nitrogens with zero attached hydrogens (tertiary/aromatic N) is 1. The molecular weight excluding hydrogens is 346 g/mol. The highest BCUT2D eigenvalue weighted by Crippen LogP contribution is 2.48. The summed E-state index contributed by atoms with van der Waals surface area (Å²) in [5.41, 5.74) is 0.0993. The van der Waals surface area contributed by atoms with Crippen molar-refractivity contribution in [2.45, 2.75) is 49.6 Å². The first-order chi connectivity index (χ1) is 11.9. The lowest BCUT2D eigenvalue weighted by molar-refractivity contribution is -0.161. The molecule has 0 aromatic rings. The van der Waals surface area contributed by atoms with Gasteiger partial charge in [0, 0.05) is 29.2 Å². The van der Waals surface area contributed by atoms with Crippen LogP contribution in [0.4, 0.5) is 0 Å². The topological polar surface area (TPSA) is 122 Å². The Morgan fingerprint density at radius 3 is 2.92 bits per heavy atom. The number of hydrogen-bond acceptors (Lipinski definition) is 7. The minimum atomic E-state index is -1.07. The lowest BCUT2D eigenvalue weighted by atomic mass is 9.83. The Hall–Kier alpha value is -1.13. The average molecular weight is 371 g/mol. The van der Waals surface area contributed by atoms with E-state index < -0.39 is 18.0 Å². The molecule has 140 valence electrons. The van der Waals surface area contributed by atoms with E-state index in [1.165, 1.54) is 4.90 Å². The summed E-state index contributed by atoms with van der Waals surface area (Å²) < 4.78 is 0. The van der Waals surface area contributed by atoms with Crippen molar-refractivity contribution in [3.05, 3.63) is 10.6 Å². The predicted molar refractivity (Wildman–Crippen MR) is 92.6 cm³/mol. The molecule has 2 fully saturated rings. The number of carboxylic acids is 1. The minimum Gasteiger partial charge on any atom is -0.477 e. The number of carboxylic acid groups (broad SMARTS) is 1. The van der Waals surface area contributed by atoms with Crippen molar-refractivity contribution in [1.29, 1.82) is 0 Å². The van der Waals surface area contributed by atoms with Gasteiger partial charge in [0.2, 0.25) is 5.91 Å². The molecule has 0 spiro atoms. The van der Waals surface area contributed by atoms with E-state index >= 15 is 0 Å². The first-order valence-electron chi connectivity index (χ1n) is 8.63. The van der Waals surface area contributed by atoms with E-state index in [0.717, 1.165) is 30.8 Å². The molecule has 0 unspecified atom stereocenters. The van der Waals surface area contributed by atoms with Gasteiger partial charge >= 0.3 is 5.97 Å². The molecule has 9 heteroatoms. The van der Waals surface area contributed by atoms with E-state index in [1.807, 2.05) is 0 Å². The third kappa shape index (κ3) is 3.56. The maximum absolute atomic E-state index is 12.2. The Kier molecular flexibility index (Phi) is 5.69. The molecule has 5 atom stereocenters. The molecule has 3 aliphatic rings. The number of thioether (sulfide) groups is 1. The van der Waals surface area contributed by atoms with Crippen molar-refractivity contribution in [3.8, 4) is 0 Å². The van der Waals surface area contributed by atoms with Gasteiger partial charge in [0.05, 0.1) is 24.8 Å². The number of carbonyl (C=O) groups is 2. The minimum absolute atomic E-state index is 0.0323. The Bertz CT molecular complexity index is 582. The molecule has 5 N–H and O–H groups in total. The van der Waals surface area contributed by atoms with Gasteiger partial charge in [0.1, 0.15) is 5.70 Å². The van der Waals surface area contributed by atoms with Crippen LogP contribution in [0.25, 0.3) is 0 Å². The second-order valence-corrected chi connectivity index (χ2v) is 8.25. The van der Waals surface area contributed by atoms with Crippen LogP contribution in [0.3, 0.4) is 0 Å². The molecule has 2 saturated heterocycles. The van der Waals surface area contributed by atoms with Crippen molar-refractivity contribution >= 4 is 23.6 Å². The Balaban J connectivity index is 1.62. The lowest BCUT2D eigenvalue weighted by Crippen LogP contribution is -2.61. The van der Waals surface area contributed by atoms with Gasteiger partial charge in [-0.1, -0.05) is 0 Å². The van der Waals surface area contributed by atoms with E-state index in [4.69, 9.17) is 5.11 Å². The highest BCUT2D eigenvalue weighted by Gasteiger charge is 2.57. The number of hydrogen-bond donors (Lipinski definition) is 5. The summed E-state index contributed by atoms with van der Waals surface area (Å²) in [5.74, 6) is -1.85. The van der Waals surface area contributed by atoms with Gasteiger partial charge < -0.3 is 25.5 Å². The zero-order valence-electron chi connectivity index (χ0n) is 14.1. The molecule has 0 aromatic heterocycles. The van der Waals surface area contributed by atoms with Crippen LogP contribution in [0.5, 0.6) is 0 Å². The van der Waals surface area contributed by atoms with E-state index in [2.05, 4.69) is 10.6 Å². The van der Waals surface area contributed by atoms with Gasteiger partial charge in [-0.05, 0) is 26.3 Å². The van der Waals surface area contributed by atoms with Gasteiger partial charge in [-0.3, -0.25) is 10.1 Å². The van der Waals surface area contributed by atoms with E-state index in [1.54, 1.807) is 18.7 Å². The largest absolute Gasteiger partial charge is 0.477 e. The summed E-state index contributed by atoms with van der Waals surface area (Å²) in [6.07, 6.45) is 1.58. The number of aliphatic carboxylic acids is 1. The molecule has 3 aliphatic heterocycles. The van der Waals surface area contributed by atoms with E-state index in [9.17, 15) is 19.8 Å². The standard InChI is InChI=1S/C16H25N3O5S/c1-8(21)13-11-5-12(14(16(23)24)19(11)15(13)22)25-10-4-9(18-6-10)2-3-17-7-20/h8-11,13,17-18,20-21H,2-7H2,1H3,(H,23,24)/t8-,9+,10+,11-,13-/m1/s1. The molecule has 8 nitrogen and oxygen atoms in total. The smallest absolute Gasteiger partial charge is 0.353 e. The maximum atomic E-state index is 12.2. The van der Waals surface area contributed by atoms with Crippen LogP contribution in [0.1, 0.15) is 26.2 Å². The second-order valence-electron chi connectivity index (χ2n) is 6.85. The van der Waals surface area contributed by atoms with Crippen LogP contribution in [0, 0.1) is 5.92 Å². The zero-order chi connectivity index (χ0) is 18.1. The molecule has 0 saturated carbocycles. The molecule has 0 radical (unpaired) electrons. The highest BCUT2D eigenvalue weighted by molar-refractivity contribution is 8.03. The molecule has 3 rings (SSSR count). The summed E-state index contributed by atoms with van der Waals surface area (Å²) in [6.45, 7) is 3.07. The maximum Gasteiger partial charge on any atom is 0.353 e. The summed E-state index contributed by atoms with van der Waals surface area (Å²) in [4.78, 5) is 26.0. The third-order valence-electron chi connectivity index (χ3n) is 5.16. The van der Waals surface area contributed by atoms with Crippen LogP contribution in [0.2, 0.25) is 0 Å². The van der Waals surface area contributed by atoms with Crippen molar-refractivity contribution in [2.75, 3.05) is 19.8 Å². The number of β-lactam (4-membered cyclic amide) rings is 1. The number of fused-ring (bicyclic) bond motifs is 1. The fraction of sp³-hybridized carbons (Fsp3) is 0.750. The van der Waals surface area contributed by atoms with Crippen LogP contribution >= 0.6 is 11.8 Å². The van der Waals surface area contributed by atoms with Crippen LogP contribution in [-0.2, 0) is 9.59 Å². The van der Waals surface area contributed by atoms with Gasteiger partial charge in [0.15, 0.2) is 0 Å². The monoisotopic (exact) mass is 371 g/mol. The molecule has 0 aliphatic carbocycles. The summed E-state index contributed by atoms with van der Waals surface area (Å²) in [7, 11) is 0. The SMILES string of the molecule is C[C@@H](O)[C@H]1C(=O)N2C(C(=O)O)=C(S[C@@H]3CN[C@@H](CCNCO)C3)C[C@H]12. The quantitative estimate of drug-likeness (QED) is 0.215. The van der Waals surface area contributed by atoms with Gasteiger partial charge in [-0.15, -0.1) is 11.8 Å². The number of aliphatic hydroxyl groups is 2. The number of rotatable bonds is 8. The van der Waals surface area contributed by atoms with Crippen LogP contribution < -0.4 is 10.6 Å². The number of carbonyl (C=O) groups excluding carboxylic acids is 1.